The molecule has 0 saturated carbocycles. The SMILES string of the molecule is CC(C)(C)C(N)Cc1nc2ccc(Cl)cc2o1. The number of oxazole rings is 1. The summed E-state index contributed by atoms with van der Waals surface area (Å²) in [7, 11) is 0. The van der Waals surface area contributed by atoms with Gasteiger partial charge in [0.15, 0.2) is 11.5 Å². The van der Waals surface area contributed by atoms with Crippen LogP contribution in [0, 0.1) is 5.41 Å². The van der Waals surface area contributed by atoms with E-state index in [0.717, 1.165) is 5.52 Å². The molecule has 0 saturated heterocycles. The standard InChI is InChI=1S/C13H17ClN2O/c1-13(2,3)11(15)7-12-16-9-5-4-8(14)6-10(9)17-12/h4-6,11H,7,15H2,1-3H3. The Balaban J connectivity index is 2.25. The number of nitrogens with two attached hydrogens (primary N) is 1. The van der Waals surface area contributed by atoms with E-state index in [-0.39, 0.29) is 11.5 Å². The summed E-state index contributed by atoms with van der Waals surface area (Å²) in [5.74, 6) is 0.671. The van der Waals surface area contributed by atoms with E-state index in [9.17, 15) is 0 Å². The highest BCUT2D eigenvalue weighted by Gasteiger charge is 2.22. The minimum Gasteiger partial charge on any atom is -0.441 e. The third kappa shape index (κ3) is 2.79. The second-order valence-electron chi connectivity index (χ2n) is 5.40. The van der Waals surface area contributed by atoms with Gasteiger partial charge in [-0.3, -0.25) is 0 Å². The van der Waals surface area contributed by atoms with E-state index in [1.807, 2.05) is 6.07 Å². The maximum atomic E-state index is 6.11. The average molecular weight is 253 g/mol. The first-order chi connectivity index (χ1) is 7.86. The van der Waals surface area contributed by atoms with Gasteiger partial charge in [0, 0.05) is 23.6 Å². The largest absolute Gasteiger partial charge is 0.441 e. The predicted octanol–water partition coefficient (Wildman–Crippen LogP) is 3.40. The number of benzene rings is 1. The molecule has 1 heterocycles. The van der Waals surface area contributed by atoms with Crippen LogP contribution in [0.1, 0.15) is 26.7 Å². The molecule has 2 rings (SSSR count). The molecule has 2 N–H and O–H groups in total. The molecule has 0 radical (unpaired) electrons. The van der Waals surface area contributed by atoms with E-state index in [4.69, 9.17) is 21.8 Å². The molecule has 1 unspecified atom stereocenters. The van der Waals surface area contributed by atoms with Crippen molar-refractivity contribution in [1.82, 2.24) is 4.98 Å². The van der Waals surface area contributed by atoms with Gasteiger partial charge in [-0.1, -0.05) is 32.4 Å². The minimum absolute atomic E-state index is 0.0195. The summed E-state index contributed by atoms with van der Waals surface area (Å²) in [5.41, 5.74) is 7.69. The zero-order chi connectivity index (χ0) is 12.6. The van der Waals surface area contributed by atoms with Crippen molar-refractivity contribution < 1.29 is 4.42 Å². The highest BCUT2D eigenvalue weighted by atomic mass is 35.5. The Morgan fingerprint density at radius 3 is 2.76 bits per heavy atom. The summed E-state index contributed by atoms with van der Waals surface area (Å²) in [6.07, 6.45) is 0.635. The van der Waals surface area contributed by atoms with E-state index in [1.165, 1.54) is 0 Å². The van der Waals surface area contributed by atoms with Crippen LogP contribution in [0.3, 0.4) is 0 Å². The summed E-state index contributed by atoms with van der Waals surface area (Å²) < 4.78 is 5.64. The van der Waals surface area contributed by atoms with E-state index < -0.39 is 0 Å². The quantitative estimate of drug-likeness (QED) is 0.891. The maximum Gasteiger partial charge on any atom is 0.197 e. The second kappa shape index (κ2) is 4.31. The summed E-state index contributed by atoms with van der Waals surface area (Å²) in [4.78, 5) is 4.40. The highest BCUT2D eigenvalue weighted by molar-refractivity contribution is 6.31. The van der Waals surface area contributed by atoms with Crippen molar-refractivity contribution in [3.8, 4) is 0 Å². The van der Waals surface area contributed by atoms with E-state index in [2.05, 4.69) is 25.8 Å². The lowest BCUT2D eigenvalue weighted by Crippen LogP contribution is -2.36. The molecule has 0 bridgehead atoms. The van der Waals surface area contributed by atoms with Crippen LogP contribution in [-0.4, -0.2) is 11.0 Å². The number of nitrogens with zero attached hydrogens (tertiary/aromatic N) is 1. The molecule has 0 amide bonds. The number of rotatable bonds is 2. The molecule has 0 aliphatic heterocycles. The first-order valence-corrected chi connectivity index (χ1v) is 6.04. The lowest BCUT2D eigenvalue weighted by molar-refractivity contribution is 0.303. The Morgan fingerprint density at radius 2 is 2.12 bits per heavy atom. The zero-order valence-corrected chi connectivity index (χ0v) is 11.1. The van der Waals surface area contributed by atoms with Gasteiger partial charge in [0.05, 0.1) is 0 Å². The van der Waals surface area contributed by atoms with Crippen molar-refractivity contribution in [1.29, 1.82) is 0 Å². The lowest BCUT2D eigenvalue weighted by Gasteiger charge is -2.25. The normalized spacial score (nSPS) is 14.2. The van der Waals surface area contributed by atoms with E-state index >= 15 is 0 Å². The summed E-state index contributed by atoms with van der Waals surface area (Å²) >= 11 is 5.89. The van der Waals surface area contributed by atoms with Crippen LogP contribution >= 0.6 is 11.6 Å². The van der Waals surface area contributed by atoms with E-state index in [1.54, 1.807) is 12.1 Å². The van der Waals surface area contributed by atoms with Crippen LogP contribution in [0.2, 0.25) is 5.02 Å². The average Bonchev–Trinajstić information content (AvgIpc) is 2.57. The third-order valence-electron chi connectivity index (χ3n) is 2.90. The molecule has 0 fully saturated rings. The third-order valence-corrected chi connectivity index (χ3v) is 3.14. The van der Waals surface area contributed by atoms with E-state index in [0.29, 0.717) is 22.9 Å². The number of hydrogen-bond donors (Lipinski definition) is 1. The van der Waals surface area contributed by atoms with Crippen LogP contribution < -0.4 is 5.73 Å². The van der Waals surface area contributed by atoms with Crippen molar-refractivity contribution in [3.05, 3.63) is 29.1 Å². The second-order valence-corrected chi connectivity index (χ2v) is 5.83. The molecule has 1 aromatic heterocycles. The van der Waals surface area contributed by atoms with Crippen molar-refractivity contribution in [2.45, 2.75) is 33.2 Å². The van der Waals surface area contributed by atoms with Crippen molar-refractivity contribution in [3.63, 3.8) is 0 Å². The molecular weight excluding hydrogens is 236 g/mol. The van der Waals surface area contributed by atoms with Gasteiger partial charge in [0.25, 0.3) is 0 Å². The zero-order valence-electron chi connectivity index (χ0n) is 10.3. The van der Waals surface area contributed by atoms with Gasteiger partial charge in [0.1, 0.15) is 5.52 Å². The maximum absolute atomic E-state index is 6.11. The van der Waals surface area contributed by atoms with Gasteiger partial charge in [-0.15, -0.1) is 0 Å². The summed E-state index contributed by atoms with van der Waals surface area (Å²) in [6.45, 7) is 6.32. The van der Waals surface area contributed by atoms with Crippen molar-refractivity contribution >= 4 is 22.7 Å². The Bertz CT molecular complexity index is 528. The van der Waals surface area contributed by atoms with Gasteiger partial charge in [-0.25, -0.2) is 4.98 Å². The molecule has 0 aliphatic rings. The smallest absolute Gasteiger partial charge is 0.197 e. The first kappa shape index (κ1) is 12.4. The Hall–Kier alpha value is -1.06. The number of hydrogen-bond acceptors (Lipinski definition) is 3. The fourth-order valence-electron chi connectivity index (χ4n) is 1.53. The molecule has 2 aromatic rings. The molecule has 1 atom stereocenters. The number of aromatic nitrogens is 1. The van der Waals surface area contributed by atoms with Crippen molar-refractivity contribution in [2.75, 3.05) is 0 Å². The molecule has 1 aromatic carbocycles. The minimum atomic E-state index is 0.0195. The molecule has 17 heavy (non-hydrogen) atoms. The van der Waals surface area contributed by atoms with Gasteiger partial charge in [-0.2, -0.15) is 0 Å². The molecular formula is C13H17ClN2O. The first-order valence-electron chi connectivity index (χ1n) is 5.67. The summed E-state index contributed by atoms with van der Waals surface area (Å²) in [6, 6.07) is 5.45. The predicted molar refractivity (Wildman–Crippen MR) is 70.2 cm³/mol. The Labute approximate surface area is 106 Å². The van der Waals surface area contributed by atoms with Crippen LogP contribution in [0.25, 0.3) is 11.1 Å². The van der Waals surface area contributed by atoms with Crippen LogP contribution in [-0.2, 0) is 6.42 Å². The number of halogens is 1. The molecule has 4 heteroatoms. The fourth-order valence-corrected chi connectivity index (χ4v) is 1.69. The molecule has 92 valence electrons. The fraction of sp³-hybridized carbons (Fsp3) is 0.462. The van der Waals surface area contributed by atoms with Gasteiger partial charge in [0.2, 0.25) is 0 Å². The highest BCUT2D eigenvalue weighted by Crippen LogP contribution is 2.24. The topological polar surface area (TPSA) is 52.0 Å². The summed E-state index contributed by atoms with van der Waals surface area (Å²) in [5, 5.41) is 0.653. The lowest BCUT2D eigenvalue weighted by atomic mass is 9.85. The van der Waals surface area contributed by atoms with Gasteiger partial charge < -0.3 is 10.2 Å². The Morgan fingerprint density at radius 1 is 1.41 bits per heavy atom. The monoisotopic (exact) mass is 252 g/mol. The Kier molecular flexibility index (Phi) is 3.15. The van der Waals surface area contributed by atoms with Crippen LogP contribution in [0.4, 0.5) is 0 Å². The van der Waals surface area contributed by atoms with Crippen molar-refractivity contribution in [2.24, 2.45) is 11.1 Å². The number of fused-ring (bicyclic) bond motifs is 1. The molecule has 0 aliphatic carbocycles. The molecule has 0 spiro atoms. The van der Waals surface area contributed by atoms with Gasteiger partial charge in [-0.05, 0) is 17.5 Å². The molecule has 3 nitrogen and oxygen atoms in total. The van der Waals surface area contributed by atoms with Gasteiger partial charge >= 0.3 is 0 Å². The van der Waals surface area contributed by atoms with Crippen LogP contribution in [0.15, 0.2) is 22.6 Å². The van der Waals surface area contributed by atoms with Crippen LogP contribution in [0.5, 0.6) is 0 Å².